The fourth-order valence-corrected chi connectivity index (χ4v) is 3.94. The minimum atomic E-state index is -0.0000926. The average Bonchev–Trinajstić information content (AvgIpc) is 2.92. The van der Waals surface area contributed by atoms with E-state index in [-0.39, 0.29) is 5.78 Å². The number of fused-ring (bicyclic) bond motifs is 1. The van der Waals surface area contributed by atoms with Crippen molar-refractivity contribution < 1.29 is 9.53 Å². The van der Waals surface area contributed by atoms with Crippen LogP contribution in [0, 0.1) is 6.92 Å². The normalized spacial score (nSPS) is 10.8. The van der Waals surface area contributed by atoms with Crippen molar-refractivity contribution in [3.8, 4) is 5.75 Å². The molecule has 0 saturated carbocycles. The second kappa shape index (κ2) is 5.62. The number of carbonyl (C=O) groups excluding carboxylic acids is 1. The topological polar surface area (TPSA) is 26.3 Å². The number of ether oxygens (including phenoxy) is 1. The van der Waals surface area contributed by atoms with E-state index < -0.39 is 0 Å². The summed E-state index contributed by atoms with van der Waals surface area (Å²) < 4.78 is 7.43. The summed E-state index contributed by atoms with van der Waals surface area (Å²) in [5.74, 6) is 0.611. The summed E-state index contributed by atoms with van der Waals surface area (Å²) >= 11 is 5.10. The van der Waals surface area contributed by atoms with Crippen LogP contribution in [0.4, 0.5) is 0 Å². The number of hydrogen-bond acceptors (Lipinski definition) is 3. The molecule has 0 N–H and O–H groups in total. The van der Waals surface area contributed by atoms with Gasteiger partial charge >= 0.3 is 0 Å². The summed E-state index contributed by atoms with van der Waals surface area (Å²) in [5.41, 5.74) is 2.37. The highest BCUT2D eigenvalue weighted by molar-refractivity contribution is 9.10. The zero-order valence-corrected chi connectivity index (χ0v) is 14.0. The van der Waals surface area contributed by atoms with E-state index in [1.807, 2.05) is 48.7 Å². The highest BCUT2D eigenvalue weighted by Gasteiger charge is 2.19. The average molecular weight is 361 g/mol. The number of aryl methyl sites for hydroxylation is 1. The van der Waals surface area contributed by atoms with Gasteiger partial charge in [-0.2, -0.15) is 0 Å². The molecule has 2 nitrogen and oxygen atoms in total. The first kappa shape index (κ1) is 14.3. The van der Waals surface area contributed by atoms with Gasteiger partial charge in [0.2, 0.25) is 0 Å². The third-order valence-electron chi connectivity index (χ3n) is 3.40. The van der Waals surface area contributed by atoms with Crippen LogP contribution in [0.25, 0.3) is 10.1 Å². The molecule has 3 aromatic rings. The van der Waals surface area contributed by atoms with Gasteiger partial charge < -0.3 is 4.74 Å². The van der Waals surface area contributed by atoms with Gasteiger partial charge in [0.15, 0.2) is 5.78 Å². The van der Waals surface area contributed by atoms with Gasteiger partial charge in [-0.3, -0.25) is 4.79 Å². The summed E-state index contributed by atoms with van der Waals surface area (Å²) in [5, 5.41) is 2.89. The van der Waals surface area contributed by atoms with Crippen LogP contribution in [0.2, 0.25) is 0 Å². The van der Waals surface area contributed by atoms with Crippen LogP contribution >= 0.6 is 27.3 Å². The van der Waals surface area contributed by atoms with Crippen molar-refractivity contribution in [2.24, 2.45) is 0 Å². The van der Waals surface area contributed by atoms with Crippen LogP contribution in [-0.4, -0.2) is 12.9 Å². The Hall–Kier alpha value is -1.65. The lowest BCUT2D eigenvalue weighted by Crippen LogP contribution is -2.03. The number of rotatable bonds is 3. The van der Waals surface area contributed by atoms with E-state index in [1.54, 1.807) is 18.4 Å². The van der Waals surface area contributed by atoms with Crippen LogP contribution in [-0.2, 0) is 0 Å². The maximum atomic E-state index is 12.9. The van der Waals surface area contributed by atoms with E-state index in [9.17, 15) is 4.79 Å². The molecule has 2 aromatic carbocycles. The minimum absolute atomic E-state index is 0.0000926. The smallest absolute Gasteiger partial charge is 0.198 e. The second-order valence-electron chi connectivity index (χ2n) is 4.80. The van der Waals surface area contributed by atoms with Crippen molar-refractivity contribution in [3.05, 3.63) is 62.9 Å². The predicted molar refractivity (Wildman–Crippen MR) is 90.7 cm³/mol. The Balaban J connectivity index is 2.17. The first-order valence-corrected chi connectivity index (χ1v) is 8.14. The van der Waals surface area contributed by atoms with Gasteiger partial charge in [0.1, 0.15) is 5.75 Å². The van der Waals surface area contributed by atoms with Crippen molar-refractivity contribution in [3.63, 3.8) is 0 Å². The van der Waals surface area contributed by atoms with Gasteiger partial charge in [0.25, 0.3) is 0 Å². The van der Waals surface area contributed by atoms with Gasteiger partial charge in [0.05, 0.1) is 12.7 Å². The van der Waals surface area contributed by atoms with Crippen molar-refractivity contribution in [1.82, 2.24) is 0 Å². The monoisotopic (exact) mass is 360 g/mol. The molecule has 1 aromatic heterocycles. The van der Waals surface area contributed by atoms with E-state index in [4.69, 9.17) is 4.74 Å². The largest absolute Gasteiger partial charge is 0.496 e. The Bertz CT molecular complexity index is 836. The SMILES string of the molecule is COc1ccc(C)cc1C(=O)c1csc2c(Br)cccc12. The first-order chi connectivity index (χ1) is 10.1. The van der Waals surface area contributed by atoms with E-state index in [1.165, 1.54) is 0 Å². The van der Waals surface area contributed by atoms with Crippen molar-refractivity contribution in [2.75, 3.05) is 7.11 Å². The molecule has 21 heavy (non-hydrogen) atoms. The van der Waals surface area contributed by atoms with E-state index in [2.05, 4.69) is 15.9 Å². The number of methoxy groups -OCH3 is 1. The lowest BCUT2D eigenvalue weighted by atomic mass is 10.00. The summed E-state index contributed by atoms with van der Waals surface area (Å²) in [6, 6.07) is 11.6. The Morgan fingerprint density at radius 1 is 1.19 bits per heavy atom. The molecule has 4 heteroatoms. The van der Waals surface area contributed by atoms with E-state index in [0.29, 0.717) is 11.3 Å². The minimum Gasteiger partial charge on any atom is -0.496 e. The Morgan fingerprint density at radius 3 is 2.76 bits per heavy atom. The highest BCUT2D eigenvalue weighted by atomic mass is 79.9. The molecular weight excluding hydrogens is 348 g/mol. The predicted octanol–water partition coefficient (Wildman–Crippen LogP) is 5.21. The summed E-state index contributed by atoms with van der Waals surface area (Å²) in [6.07, 6.45) is 0. The Kier molecular flexibility index (Phi) is 3.83. The standard InChI is InChI=1S/C17H13BrO2S/c1-10-6-7-15(20-2)12(8-10)16(19)13-9-21-17-11(13)4-3-5-14(17)18/h3-9H,1-2H3. The Labute approximate surface area is 135 Å². The van der Waals surface area contributed by atoms with E-state index in [0.717, 1.165) is 25.7 Å². The molecule has 0 aliphatic rings. The van der Waals surface area contributed by atoms with Crippen LogP contribution in [0.5, 0.6) is 5.75 Å². The maximum absolute atomic E-state index is 12.9. The molecule has 0 bridgehead atoms. The number of thiophene rings is 1. The zero-order chi connectivity index (χ0) is 15.0. The van der Waals surface area contributed by atoms with Gasteiger partial charge in [-0.15, -0.1) is 11.3 Å². The van der Waals surface area contributed by atoms with Gasteiger partial charge in [-0.1, -0.05) is 23.8 Å². The molecule has 3 rings (SSSR count). The molecule has 0 saturated heterocycles. The summed E-state index contributed by atoms with van der Waals surface area (Å²) in [4.78, 5) is 12.9. The third kappa shape index (κ3) is 2.49. The van der Waals surface area contributed by atoms with Crippen LogP contribution < -0.4 is 4.74 Å². The molecule has 0 amide bonds. The molecular formula is C17H13BrO2S. The quantitative estimate of drug-likeness (QED) is 0.599. The van der Waals surface area contributed by atoms with Gasteiger partial charge in [0, 0.05) is 25.5 Å². The lowest BCUT2D eigenvalue weighted by Gasteiger charge is -2.08. The van der Waals surface area contributed by atoms with Crippen molar-refractivity contribution >= 4 is 43.1 Å². The number of halogens is 1. The number of carbonyl (C=O) groups is 1. The fraction of sp³-hybridized carbons (Fsp3) is 0.118. The summed E-state index contributed by atoms with van der Waals surface area (Å²) in [6.45, 7) is 1.97. The number of benzene rings is 2. The van der Waals surface area contributed by atoms with Crippen LogP contribution in [0.1, 0.15) is 21.5 Å². The first-order valence-electron chi connectivity index (χ1n) is 6.47. The Morgan fingerprint density at radius 2 is 2.00 bits per heavy atom. The zero-order valence-electron chi connectivity index (χ0n) is 11.6. The molecule has 106 valence electrons. The summed E-state index contributed by atoms with van der Waals surface area (Å²) in [7, 11) is 1.59. The van der Waals surface area contributed by atoms with E-state index >= 15 is 0 Å². The molecule has 0 radical (unpaired) electrons. The van der Waals surface area contributed by atoms with Gasteiger partial charge in [-0.25, -0.2) is 0 Å². The molecule has 0 aliphatic heterocycles. The molecule has 0 spiro atoms. The molecule has 1 heterocycles. The molecule has 0 unspecified atom stereocenters. The lowest BCUT2D eigenvalue weighted by molar-refractivity contribution is 0.103. The number of hydrogen-bond donors (Lipinski definition) is 0. The fourth-order valence-electron chi connectivity index (χ4n) is 2.34. The van der Waals surface area contributed by atoms with Crippen molar-refractivity contribution in [1.29, 1.82) is 0 Å². The van der Waals surface area contributed by atoms with Gasteiger partial charge in [-0.05, 0) is 41.1 Å². The van der Waals surface area contributed by atoms with Crippen LogP contribution in [0.3, 0.4) is 0 Å². The molecule has 0 atom stereocenters. The highest BCUT2D eigenvalue weighted by Crippen LogP contribution is 2.34. The molecule has 0 fully saturated rings. The van der Waals surface area contributed by atoms with Crippen LogP contribution in [0.15, 0.2) is 46.3 Å². The van der Waals surface area contributed by atoms with Crippen molar-refractivity contribution in [2.45, 2.75) is 6.92 Å². The third-order valence-corrected chi connectivity index (χ3v) is 5.35. The maximum Gasteiger partial charge on any atom is 0.198 e. The molecule has 0 aliphatic carbocycles. The second-order valence-corrected chi connectivity index (χ2v) is 6.53. The number of ketones is 1.